The molecule has 0 atom stereocenters. The predicted molar refractivity (Wildman–Crippen MR) is 111 cm³/mol. The minimum atomic E-state index is -0.369. The normalized spacial score (nSPS) is 13.9. The van der Waals surface area contributed by atoms with Gasteiger partial charge in [0.1, 0.15) is 17.4 Å². The summed E-state index contributed by atoms with van der Waals surface area (Å²) in [6, 6.07) is 9.90. The van der Waals surface area contributed by atoms with Gasteiger partial charge in [0.05, 0.1) is 7.11 Å². The van der Waals surface area contributed by atoms with Crippen molar-refractivity contribution in [3.8, 4) is 11.8 Å². The number of nitrogens with one attached hydrogen (secondary N) is 1. The fourth-order valence-electron chi connectivity index (χ4n) is 3.83. The highest BCUT2D eigenvalue weighted by molar-refractivity contribution is 5.77. The van der Waals surface area contributed by atoms with Gasteiger partial charge in [-0.05, 0) is 43.5 Å². The van der Waals surface area contributed by atoms with Gasteiger partial charge >= 0.3 is 0 Å². The smallest absolute Gasteiger partial charge is 0.266 e. The van der Waals surface area contributed by atoms with Crippen molar-refractivity contribution in [2.24, 2.45) is 0 Å². The summed E-state index contributed by atoms with van der Waals surface area (Å²) < 4.78 is 5.29. The first-order valence-corrected chi connectivity index (χ1v) is 9.73. The standard InChI is InChI=1S/C22H26N4O3/c1-15-19(16(2)24-22(28)20(15)14-23)7-8-21(27)26-11-9-25(10-12-26)17-5-4-6-18(13-17)29-3/h4-6,13H,7-12H2,1-3H3,(H,24,28). The zero-order chi connectivity index (χ0) is 21.0. The number of ether oxygens (including phenoxy) is 1. The van der Waals surface area contributed by atoms with Gasteiger partial charge in [-0.25, -0.2) is 0 Å². The molecule has 1 fully saturated rings. The highest BCUT2D eigenvalue weighted by Gasteiger charge is 2.22. The number of hydrogen-bond acceptors (Lipinski definition) is 5. The third kappa shape index (κ3) is 4.43. The Morgan fingerprint density at radius 3 is 2.62 bits per heavy atom. The number of aromatic nitrogens is 1. The predicted octanol–water partition coefficient (Wildman–Crippen LogP) is 2.15. The average Bonchev–Trinajstić information content (AvgIpc) is 2.73. The number of carbonyl (C=O) groups is 1. The van der Waals surface area contributed by atoms with Crippen molar-refractivity contribution in [2.45, 2.75) is 26.7 Å². The fraction of sp³-hybridized carbons (Fsp3) is 0.409. The highest BCUT2D eigenvalue weighted by Crippen LogP contribution is 2.22. The van der Waals surface area contributed by atoms with Crippen LogP contribution in [0.25, 0.3) is 0 Å². The molecule has 1 aliphatic rings. The number of hydrogen-bond donors (Lipinski definition) is 1. The summed E-state index contributed by atoms with van der Waals surface area (Å²) in [5.74, 6) is 0.920. The van der Waals surface area contributed by atoms with E-state index in [-0.39, 0.29) is 17.0 Å². The van der Waals surface area contributed by atoms with Gasteiger partial charge in [-0.2, -0.15) is 5.26 Å². The zero-order valence-electron chi connectivity index (χ0n) is 17.1. The molecular formula is C22H26N4O3. The lowest BCUT2D eigenvalue weighted by Crippen LogP contribution is -2.48. The maximum Gasteiger partial charge on any atom is 0.266 e. The fourth-order valence-corrected chi connectivity index (χ4v) is 3.83. The minimum Gasteiger partial charge on any atom is -0.497 e. The van der Waals surface area contributed by atoms with Crippen LogP contribution in [0, 0.1) is 25.2 Å². The maximum atomic E-state index is 12.7. The van der Waals surface area contributed by atoms with Gasteiger partial charge in [-0.1, -0.05) is 6.07 Å². The first-order valence-electron chi connectivity index (χ1n) is 9.73. The van der Waals surface area contributed by atoms with Gasteiger partial charge in [-0.3, -0.25) is 9.59 Å². The van der Waals surface area contributed by atoms with Gasteiger partial charge in [-0.15, -0.1) is 0 Å². The lowest BCUT2D eigenvalue weighted by Gasteiger charge is -2.36. The number of nitrogens with zero attached hydrogens (tertiary/aromatic N) is 3. The Balaban J connectivity index is 1.60. The Morgan fingerprint density at radius 1 is 1.24 bits per heavy atom. The van der Waals surface area contributed by atoms with Crippen LogP contribution in [0.3, 0.4) is 0 Å². The van der Waals surface area contributed by atoms with Crippen molar-refractivity contribution < 1.29 is 9.53 Å². The summed E-state index contributed by atoms with van der Waals surface area (Å²) in [6.07, 6.45) is 0.871. The molecule has 0 bridgehead atoms. The van der Waals surface area contributed by atoms with Crippen molar-refractivity contribution in [2.75, 3.05) is 38.2 Å². The van der Waals surface area contributed by atoms with Gasteiger partial charge in [0.15, 0.2) is 0 Å². The molecule has 29 heavy (non-hydrogen) atoms. The Labute approximate surface area is 170 Å². The number of H-pyrrole nitrogens is 1. The molecule has 0 saturated carbocycles. The van der Waals surface area contributed by atoms with Gasteiger partial charge in [0, 0.05) is 50.0 Å². The summed E-state index contributed by atoms with van der Waals surface area (Å²) in [5, 5.41) is 9.19. The van der Waals surface area contributed by atoms with E-state index >= 15 is 0 Å². The summed E-state index contributed by atoms with van der Waals surface area (Å²) in [4.78, 5) is 31.4. The molecule has 1 aliphatic heterocycles. The average molecular weight is 394 g/mol. The Hall–Kier alpha value is -3.27. The van der Waals surface area contributed by atoms with Crippen LogP contribution >= 0.6 is 0 Å². The third-order valence-electron chi connectivity index (χ3n) is 5.56. The van der Waals surface area contributed by atoms with Crippen LogP contribution in [0.2, 0.25) is 0 Å². The monoisotopic (exact) mass is 394 g/mol. The maximum absolute atomic E-state index is 12.7. The highest BCUT2D eigenvalue weighted by atomic mass is 16.5. The summed E-state index contributed by atoms with van der Waals surface area (Å²) in [7, 11) is 1.65. The summed E-state index contributed by atoms with van der Waals surface area (Å²) in [5.41, 5.74) is 3.13. The van der Waals surface area contributed by atoms with Gasteiger partial charge in [0.25, 0.3) is 5.56 Å². The second kappa shape index (κ2) is 8.82. The van der Waals surface area contributed by atoms with Crippen LogP contribution in [-0.2, 0) is 11.2 Å². The molecule has 1 aromatic heterocycles. The quantitative estimate of drug-likeness (QED) is 0.839. The number of aromatic amines is 1. The molecule has 1 aromatic carbocycles. The van der Waals surface area contributed by atoms with E-state index in [1.807, 2.05) is 36.1 Å². The molecule has 2 heterocycles. The van der Waals surface area contributed by atoms with Crippen molar-refractivity contribution in [1.29, 1.82) is 5.26 Å². The van der Waals surface area contributed by atoms with Crippen LogP contribution in [0.4, 0.5) is 5.69 Å². The first-order chi connectivity index (χ1) is 13.9. The number of benzene rings is 1. The molecule has 7 heteroatoms. The number of anilines is 1. The van der Waals surface area contributed by atoms with Crippen LogP contribution in [-0.4, -0.2) is 49.1 Å². The van der Waals surface area contributed by atoms with Gasteiger partial charge in [0.2, 0.25) is 5.91 Å². The van der Waals surface area contributed by atoms with E-state index < -0.39 is 0 Å². The third-order valence-corrected chi connectivity index (χ3v) is 5.56. The number of rotatable bonds is 5. The molecule has 0 unspecified atom stereocenters. The molecule has 3 rings (SSSR count). The molecule has 1 N–H and O–H groups in total. The van der Waals surface area contributed by atoms with Crippen molar-refractivity contribution in [3.05, 3.63) is 57.0 Å². The lowest BCUT2D eigenvalue weighted by atomic mass is 9.99. The van der Waals surface area contributed by atoms with Crippen LogP contribution in [0.1, 0.15) is 28.8 Å². The topological polar surface area (TPSA) is 89.4 Å². The lowest BCUT2D eigenvalue weighted by molar-refractivity contribution is -0.131. The summed E-state index contributed by atoms with van der Waals surface area (Å²) in [6.45, 7) is 6.46. The Morgan fingerprint density at radius 2 is 1.97 bits per heavy atom. The zero-order valence-corrected chi connectivity index (χ0v) is 17.1. The molecule has 1 amide bonds. The molecule has 2 aromatic rings. The Bertz CT molecular complexity index is 998. The van der Waals surface area contributed by atoms with Crippen molar-refractivity contribution >= 4 is 11.6 Å². The SMILES string of the molecule is COc1cccc(N2CCN(C(=O)CCc3c(C)[nH]c(=O)c(C#N)c3C)CC2)c1. The largest absolute Gasteiger partial charge is 0.497 e. The van der Waals surface area contributed by atoms with Crippen molar-refractivity contribution in [1.82, 2.24) is 9.88 Å². The molecular weight excluding hydrogens is 368 g/mol. The number of piperazine rings is 1. The van der Waals surface area contributed by atoms with Crippen LogP contribution in [0.5, 0.6) is 5.75 Å². The number of amides is 1. The van der Waals surface area contributed by atoms with Crippen LogP contribution in [0.15, 0.2) is 29.1 Å². The summed E-state index contributed by atoms with van der Waals surface area (Å²) >= 11 is 0. The van der Waals surface area contributed by atoms with E-state index in [1.54, 1.807) is 14.0 Å². The van der Waals surface area contributed by atoms with E-state index in [0.29, 0.717) is 31.5 Å². The van der Waals surface area contributed by atoms with Crippen molar-refractivity contribution in [3.63, 3.8) is 0 Å². The van der Waals surface area contributed by atoms with Crippen LogP contribution < -0.4 is 15.2 Å². The van der Waals surface area contributed by atoms with E-state index in [2.05, 4.69) is 16.0 Å². The minimum absolute atomic E-state index is 0.0961. The second-order valence-corrected chi connectivity index (χ2v) is 7.24. The molecule has 1 saturated heterocycles. The number of carbonyl (C=O) groups excluding carboxylic acids is 1. The molecule has 0 spiro atoms. The molecule has 152 valence electrons. The molecule has 0 aliphatic carbocycles. The Kier molecular flexibility index (Phi) is 6.23. The molecule has 7 nitrogen and oxygen atoms in total. The van der Waals surface area contributed by atoms with Gasteiger partial charge < -0.3 is 19.5 Å². The number of methoxy groups -OCH3 is 1. The second-order valence-electron chi connectivity index (χ2n) is 7.24. The van der Waals surface area contributed by atoms with E-state index in [1.165, 1.54) is 0 Å². The number of aryl methyl sites for hydroxylation is 1. The van der Waals surface area contributed by atoms with E-state index in [9.17, 15) is 14.9 Å². The number of pyridine rings is 1. The number of nitriles is 1. The van der Waals surface area contributed by atoms with E-state index in [0.717, 1.165) is 35.8 Å². The first kappa shape index (κ1) is 20.5. The van der Waals surface area contributed by atoms with E-state index in [4.69, 9.17) is 4.74 Å². The molecule has 0 radical (unpaired) electrons.